The number of hydrogen-bond donors (Lipinski definition) is 2. The highest BCUT2D eigenvalue weighted by atomic mass is 16.5. The number of aromatic nitrogens is 2. The van der Waals surface area contributed by atoms with Crippen molar-refractivity contribution in [1.29, 1.82) is 0 Å². The van der Waals surface area contributed by atoms with E-state index in [9.17, 15) is 4.79 Å². The molecule has 1 aliphatic heterocycles. The largest absolute Gasteiger partial charge is 0.370 e. The molecule has 2 fully saturated rings. The number of methoxy groups -OCH3 is 1. The molecule has 0 aromatic carbocycles. The van der Waals surface area contributed by atoms with Gasteiger partial charge in [-0.25, -0.2) is 0 Å². The number of hydrogen-bond acceptors (Lipinski definition) is 6. The maximum atomic E-state index is 11.0. The van der Waals surface area contributed by atoms with Gasteiger partial charge in [0.1, 0.15) is 11.6 Å². The summed E-state index contributed by atoms with van der Waals surface area (Å²) in [6.45, 7) is 0.748. The molecule has 1 atom stereocenters. The summed E-state index contributed by atoms with van der Waals surface area (Å²) in [4.78, 5) is 15.5. The molecule has 0 spiro atoms. The van der Waals surface area contributed by atoms with Crippen molar-refractivity contribution in [2.45, 2.75) is 30.9 Å². The van der Waals surface area contributed by atoms with E-state index in [0.29, 0.717) is 18.3 Å². The Morgan fingerprint density at radius 2 is 2.33 bits per heavy atom. The van der Waals surface area contributed by atoms with Crippen molar-refractivity contribution in [3.05, 3.63) is 11.7 Å². The smallest absolute Gasteiger partial charge is 0.245 e. The molecule has 1 amide bonds. The van der Waals surface area contributed by atoms with Crippen LogP contribution in [-0.2, 0) is 15.1 Å². The quantitative estimate of drug-likeness (QED) is 0.778. The third-order valence-corrected chi connectivity index (χ3v) is 3.71. The Bertz CT molecular complexity index is 439. The second kappa shape index (κ2) is 4.33. The average molecular weight is 252 g/mol. The van der Waals surface area contributed by atoms with E-state index < -0.39 is 0 Å². The minimum atomic E-state index is -0.361. The Balaban J connectivity index is 1.75. The molecule has 1 aromatic heterocycles. The summed E-state index contributed by atoms with van der Waals surface area (Å²) in [6.07, 6.45) is 2.98. The van der Waals surface area contributed by atoms with E-state index in [0.717, 1.165) is 19.3 Å². The van der Waals surface area contributed by atoms with Gasteiger partial charge in [0.2, 0.25) is 17.6 Å². The summed E-state index contributed by atoms with van der Waals surface area (Å²) in [5.41, 5.74) is -0.361. The zero-order valence-electron chi connectivity index (χ0n) is 10.2. The van der Waals surface area contributed by atoms with Gasteiger partial charge in [-0.3, -0.25) is 10.1 Å². The number of nitrogens with zero attached hydrogens (tertiary/aromatic N) is 2. The number of amides is 1. The molecule has 2 aliphatic rings. The first kappa shape index (κ1) is 11.6. The Kier molecular flexibility index (Phi) is 2.79. The van der Waals surface area contributed by atoms with Crippen LogP contribution in [0.15, 0.2) is 4.52 Å². The molecule has 2 heterocycles. The van der Waals surface area contributed by atoms with Crippen LogP contribution in [0, 0.1) is 0 Å². The van der Waals surface area contributed by atoms with Gasteiger partial charge in [-0.2, -0.15) is 4.98 Å². The van der Waals surface area contributed by atoms with Gasteiger partial charge in [-0.05, 0) is 19.3 Å². The fraction of sp³-hybridized carbons (Fsp3) is 0.727. The molecule has 7 nitrogen and oxygen atoms in total. The molecule has 98 valence electrons. The van der Waals surface area contributed by atoms with Crippen LogP contribution in [-0.4, -0.2) is 36.2 Å². The summed E-state index contributed by atoms with van der Waals surface area (Å²) < 4.78 is 10.8. The lowest BCUT2D eigenvalue weighted by molar-refractivity contribution is -0.121. The van der Waals surface area contributed by atoms with Crippen LogP contribution in [0.25, 0.3) is 0 Å². The zero-order valence-corrected chi connectivity index (χ0v) is 10.2. The van der Waals surface area contributed by atoms with Crippen molar-refractivity contribution in [2.75, 3.05) is 20.2 Å². The van der Waals surface area contributed by atoms with Gasteiger partial charge in [-0.15, -0.1) is 0 Å². The highest BCUT2D eigenvalue weighted by Gasteiger charge is 2.43. The molecule has 1 aliphatic carbocycles. The van der Waals surface area contributed by atoms with Crippen LogP contribution in [0.2, 0.25) is 0 Å². The predicted octanol–water partition coefficient (Wildman–Crippen LogP) is -0.144. The number of carbonyl (C=O) groups excluding carboxylic acids is 1. The summed E-state index contributed by atoms with van der Waals surface area (Å²) in [5, 5.41) is 9.83. The van der Waals surface area contributed by atoms with Gasteiger partial charge < -0.3 is 14.6 Å². The van der Waals surface area contributed by atoms with Crippen molar-refractivity contribution in [1.82, 2.24) is 20.8 Å². The van der Waals surface area contributed by atoms with E-state index in [2.05, 4.69) is 20.8 Å². The summed E-state index contributed by atoms with van der Waals surface area (Å²) in [6, 6.07) is -0.113. The van der Waals surface area contributed by atoms with Crippen LogP contribution in [0.3, 0.4) is 0 Å². The number of piperazine rings is 1. The highest BCUT2D eigenvalue weighted by Crippen LogP contribution is 2.42. The monoisotopic (exact) mass is 252 g/mol. The summed E-state index contributed by atoms with van der Waals surface area (Å²) in [5.74, 6) is 1.11. The number of ether oxygens (including phenoxy) is 1. The third-order valence-electron chi connectivity index (χ3n) is 3.71. The van der Waals surface area contributed by atoms with Crippen LogP contribution in [0.1, 0.15) is 37.0 Å². The molecule has 0 bridgehead atoms. The number of nitrogens with one attached hydrogen (secondary N) is 2. The van der Waals surface area contributed by atoms with E-state index >= 15 is 0 Å². The fourth-order valence-electron chi connectivity index (χ4n) is 2.32. The zero-order chi connectivity index (χ0) is 12.6. The van der Waals surface area contributed by atoms with Crippen molar-refractivity contribution in [3.63, 3.8) is 0 Å². The normalized spacial score (nSPS) is 26.5. The van der Waals surface area contributed by atoms with Crippen molar-refractivity contribution >= 4 is 5.91 Å². The standard InChI is InChI=1S/C11H16N4O3/c1-17-11(3-2-4-11)10-14-9(18-15-10)7-5-13-8(16)6-12-7/h7,12H,2-6H2,1H3,(H,13,16). The number of rotatable bonds is 3. The summed E-state index contributed by atoms with van der Waals surface area (Å²) in [7, 11) is 1.67. The van der Waals surface area contributed by atoms with Gasteiger partial charge in [-0.1, -0.05) is 5.16 Å². The molecule has 1 aromatic rings. The first-order valence-electron chi connectivity index (χ1n) is 6.13. The SMILES string of the molecule is COC1(c2noc(C3CNC(=O)CN3)n2)CCC1. The Hall–Kier alpha value is -1.47. The molecule has 1 unspecified atom stereocenters. The van der Waals surface area contributed by atoms with E-state index in [1.807, 2.05) is 0 Å². The second-order valence-corrected chi connectivity index (χ2v) is 4.75. The lowest BCUT2D eigenvalue weighted by Crippen LogP contribution is -2.47. The molecule has 0 radical (unpaired) electrons. The van der Waals surface area contributed by atoms with Crippen LogP contribution in [0.5, 0.6) is 0 Å². The minimum absolute atomic E-state index is 0.0154. The first-order chi connectivity index (χ1) is 8.73. The molecule has 2 N–H and O–H groups in total. The van der Waals surface area contributed by atoms with Gasteiger partial charge in [0.25, 0.3) is 0 Å². The molecule has 1 saturated heterocycles. The van der Waals surface area contributed by atoms with Gasteiger partial charge in [0, 0.05) is 13.7 Å². The predicted molar refractivity (Wildman–Crippen MR) is 60.6 cm³/mol. The van der Waals surface area contributed by atoms with Crippen LogP contribution >= 0.6 is 0 Å². The van der Waals surface area contributed by atoms with Crippen molar-refractivity contribution in [2.24, 2.45) is 0 Å². The van der Waals surface area contributed by atoms with Gasteiger partial charge >= 0.3 is 0 Å². The molecule has 1 saturated carbocycles. The molecule has 18 heavy (non-hydrogen) atoms. The maximum Gasteiger partial charge on any atom is 0.245 e. The fourth-order valence-corrected chi connectivity index (χ4v) is 2.32. The van der Waals surface area contributed by atoms with Gasteiger partial charge in [0.05, 0.1) is 6.54 Å². The minimum Gasteiger partial charge on any atom is -0.370 e. The Labute approximate surface area is 104 Å². The van der Waals surface area contributed by atoms with Crippen LogP contribution < -0.4 is 10.6 Å². The Morgan fingerprint density at radius 3 is 2.89 bits per heavy atom. The van der Waals surface area contributed by atoms with E-state index in [-0.39, 0.29) is 24.1 Å². The van der Waals surface area contributed by atoms with Gasteiger partial charge in [0.15, 0.2) is 0 Å². The van der Waals surface area contributed by atoms with Crippen LogP contribution in [0.4, 0.5) is 0 Å². The highest BCUT2D eigenvalue weighted by molar-refractivity contribution is 5.78. The third kappa shape index (κ3) is 1.79. The Morgan fingerprint density at radius 1 is 1.50 bits per heavy atom. The lowest BCUT2D eigenvalue weighted by Gasteiger charge is -2.37. The second-order valence-electron chi connectivity index (χ2n) is 4.75. The van der Waals surface area contributed by atoms with E-state index in [1.165, 1.54) is 0 Å². The molecular weight excluding hydrogens is 236 g/mol. The topological polar surface area (TPSA) is 89.3 Å². The van der Waals surface area contributed by atoms with E-state index in [1.54, 1.807) is 7.11 Å². The summed E-state index contributed by atoms with van der Waals surface area (Å²) >= 11 is 0. The van der Waals surface area contributed by atoms with Crippen molar-refractivity contribution in [3.8, 4) is 0 Å². The molecular formula is C11H16N4O3. The first-order valence-corrected chi connectivity index (χ1v) is 6.13. The molecule has 7 heteroatoms. The number of carbonyl (C=O) groups is 1. The van der Waals surface area contributed by atoms with Crippen molar-refractivity contribution < 1.29 is 14.1 Å². The average Bonchev–Trinajstić information content (AvgIpc) is 2.79. The maximum absolute atomic E-state index is 11.0. The van der Waals surface area contributed by atoms with E-state index in [4.69, 9.17) is 9.26 Å². The lowest BCUT2D eigenvalue weighted by atomic mass is 9.79. The molecule has 3 rings (SSSR count).